The Kier molecular flexibility index (Phi) is 13.9. The molecule has 41 heavy (non-hydrogen) atoms. The first-order valence-electron chi connectivity index (χ1n) is 15.2. The molecular formula is C31H53N3O7. The van der Waals surface area contributed by atoms with Gasteiger partial charge >= 0.3 is 0 Å². The molecule has 0 aromatic heterocycles. The first-order valence-corrected chi connectivity index (χ1v) is 15.2. The van der Waals surface area contributed by atoms with Crippen molar-refractivity contribution < 1.29 is 33.6 Å². The number of carbonyl (C=O) groups excluding carboxylic acids is 1. The van der Waals surface area contributed by atoms with Gasteiger partial charge in [0.05, 0.1) is 25.9 Å². The van der Waals surface area contributed by atoms with E-state index in [-0.39, 0.29) is 30.5 Å². The number of fused-ring (bicyclic) bond motifs is 1. The minimum absolute atomic E-state index is 0.0155. The Hall–Kier alpha value is -2.11. The number of ether oxygens (including phenoxy) is 5. The molecule has 1 aromatic rings. The monoisotopic (exact) mass is 579 g/mol. The van der Waals surface area contributed by atoms with Gasteiger partial charge in [-0.2, -0.15) is 0 Å². The summed E-state index contributed by atoms with van der Waals surface area (Å²) in [7, 11) is 1.68. The molecule has 10 heteroatoms. The summed E-state index contributed by atoms with van der Waals surface area (Å²) in [4.78, 5) is 15.3. The van der Waals surface area contributed by atoms with Crippen molar-refractivity contribution in [1.29, 1.82) is 0 Å². The van der Waals surface area contributed by atoms with Crippen LogP contribution in [0.25, 0.3) is 0 Å². The van der Waals surface area contributed by atoms with Gasteiger partial charge in [-0.25, -0.2) is 0 Å². The van der Waals surface area contributed by atoms with Crippen molar-refractivity contribution in [3.8, 4) is 17.2 Å². The van der Waals surface area contributed by atoms with E-state index in [2.05, 4.69) is 24.1 Å². The molecule has 0 spiro atoms. The third-order valence-electron chi connectivity index (χ3n) is 8.23. The van der Waals surface area contributed by atoms with Gasteiger partial charge in [0.15, 0.2) is 11.5 Å². The molecule has 4 N–H and O–H groups in total. The summed E-state index contributed by atoms with van der Waals surface area (Å²) in [6.07, 6.45) is 1.75. The van der Waals surface area contributed by atoms with Crippen LogP contribution in [0.2, 0.25) is 0 Å². The molecule has 0 radical (unpaired) electrons. The number of hydrogen-bond acceptors (Lipinski definition) is 9. The third kappa shape index (κ3) is 10.6. The molecule has 2 heterocycles. The molecule has 1 amide bonds. The lowest BCUT2D eigenvalue weighted by molar-refractivity contribution is -0.127. The van der Waals surface area contributed by atoms with Gasteiger partial charge in [0.2, 0.25) is 18.4 Å². The second kappa shape index (κ2) is 17.1. The number of methoxy groups -OCH3 is 1. The SMILES string of the molecule is COCCCOc1cc(C[C@@H](C[C@H](N)[C@@H](O)C[C@@H](C(=O)NCCN2CCOCC2)C(C)C)C(C)C)cc2c1OCO2. The molecule has 1 aromatic carbocycles. The summed E-state index contributed by atoms with van der Waals surface area (Å²) in [6.45, 7) is 14.4. The zero-order valence-electron chi connectivity index (χ0n) is 25.7. The van der Waals surface area contributed by atoms with Gasteiger partial charge in [-0.3, -0.25) is 9.69 Å². The number of morpholine rings is 1. The summed E-state index contributed by atoms with van der Waals surface area (Å²) in [6, 6.07) is 3.59. The van der Waals surface area contributed by atoms with Gasteiger partial charge in [-0.05, 0) is 54.7 Å². The van der Waals surface area contributed by atoms with E-state index in [1.54, 1.807) is 7.11 Å². The predicted molar refractivity (Wildman–Crippen MR) is 158 cm³/mol. The molecular weight excluding hydrogens is 526 g/mol. The number of aliphatic hydroxyl groups is 1. The summed E-state index contributed by atoms with van der Waals surface area (Å²) >= 11 is 0. The highest BCUT2D eigenvalue weighted by atomic mass is 16.7. The second-order valence-electron chi connectivity index (χ2n) is 12.0. The van der Waals surface area contributed by atoms with Gasteiger partial charge in [-0.1, -0.05) is 27.7 Å². The molecule has 10 nitrogen and oxygen atoms in total. The van der Waals surface area contributed by atoms with Crippen LogP contribution in [0.1, 0.15) is 52.5 Å². The maximum absolute atomic E-state index is 13.0. The highest BCUT2D eigenvalue weighted by Gasteiger charge is 2.30. The van der Waals surface area contributed by atoms with E-state index in [9.17, 15) is 9.90 Å². The number of nitrogens with one attached hydrogen (secondary N) is 1. The first kappa shape index (κ1) is 33.4. The fraction of sp³-hybridized carbons (Fsp3) is 0.774. The van der Waals surface area contributed by atoms with E-state index >= 15 is 0 Å². The van der Waals surface area contributed by atoms with Crippen LogP contribution in [-0.2, 0) is 20.7 Å². The number of benzene rings is 1. The maximum Gasteiger partial charge on any atom is 0.231 e. The molecule has 4 atom stereocenters. The van der Waals surface area contributed by atoms with E-state index < -0.39 is 12.1 Å². The van der Waals surface area contributed by atoms with Crippen LogP contribution in [0.15, 0.2) is 12.1 Å². The standard InChI is InChI=1S/C31H53N3O7/c1-21(2)24(15-23-16-28(39-12-6-11-37-5)30-29(17-23)40-20-41-30)18-26(32)27(35)19-25(22(3)4)31(36)33-7-8-34-9-13-38-14-10-34/h16-17,21-22,24-27,35H,6-15,18-20,32H2,1-5H3,(H,33,36)/t24-,25+,26-,27-/m0/s1. The highest BCUT2D eigenvalue weighted by molar-refractivity contribution is 5.78. The van der Waals surface area contributed by atoms with Crippen molar-refractivity contribution in [2.45, 2.75) is 65.5 Å². The van der Waals surface area contributed by atoms with Gasteiger partial charge in [0.1, 0.15) is 0 Å². The second-order valence-corrected chi connectivity index (χ2v) is 12.0. The molecule has 0 saturated carbocycles. The zero-order chi connectivity index (χ0) is 29.8. The number of carbonyl (C=O) groups is 1. The number of aliphatic hydroxyl groups excluding tert-OH is 1. The smallest absolute Gasteiger partial charge is 0.231 e. The van der Waals surface area contributed by atoms with Crippen molar-refractivity contribution in [2.75, 3.05) is 66.5 Å². The Morgan fingerprint density at radius 1 is 1.10 bits per heavy atom. The number of amides is 1. The van der Waals surface area contributed by atoms with E-state index in [1.807, 2.05) is 26.0 Å². The van der Waals surface area contributed by atoms with Gasteiger partial charge < -0.3 is 39.8 Å². The van der Waals surface area contributed by atoms with Crippen LogP contribution in [0, 0.1) is 23.7 Å². The number of nitrogens with two attached hydrogens (primary N) is 1. The van der Waals surface area contributed by atoms with Crippen LogP contribution in [0.5, 0.6) is 17.2 Å². The first-order chi connectivity index (χ1) is 19.7. The summed E-state index contributed by atoms with van der Waals surface area (Å²) in [5.41, 5.74) is 7.67. The average Bonchev–Trinajstić information content (AvgIpc) is 3.42. The van der Waals surface area contributed by atoms with Crippen LogP contribution in [0.3, 0.4) is 0 Å². The third-order valence-corrected chi connectivity index (χ3v) is 8.23. The van der Waals surface area contributed by atoms with Crippen molar-refractivity contribution >= 4 is 5.91 Å². The quantitative estimate of drug-likeness (QED) is 0.225. The fourth-order valence-electron chi connectivity index (χ4n) is 5.45. The van der Waals surface area contributed by atoms with Crippen molar-refractivity contribution in [3.05, 3.63) is 17.7 Å². The van der Waals surface area contributed by atoms with Crippen LogP contribution >= 0.6 is 0 Å². The molecule has 0 aliphatic carbocycles. The molecule has 1 saturated heterocycles. The van der Waals surface area contributed by atoms with Crippen molar-refractivity contribution in [3.63, 3.8) is 0 Å². The van der Waals surface area contributed by atoms with Gasteiger partial charge in [0.25, 0.3) is 0 Å². The number of nitrogens with zero attached hydrogens (tertiary/aromatic N) is 1. The van der Waals surface area contributed by atoms with Gasteiger partial charge in [-0.15, -0.1) is 0 Å². The van der Waals surface area contributed by atoms with Gasteiger partial charge in [0, 0.05) is 58.3 Å². The predicted octanol–water partition coefficient (Wildman–Crippen LogP) is 2.83. The molecule has 234 valence electrons. The highest BCUT2D eigenvalue weighted by Crippen LogP contribution is 2.43. The Labute approximate surface area is 246 Å². The lowest BCUT2D eigenvalue weighted by Gasteiger charge is -2.30. The average molecular weight is 580 g/mol. The van der Waals surface area contributed by atoms with E-state index in [4.69, 9.17) is 29.4 Å². The van der Waals surface area contributed by atoms with Crippen molar-refractivity contribution in [2.24, 2.45) is 29.4 Å². The maximum atomic E-state index is 13.0. The lowest BCUT2D eigenvalue weighted by Crippen LogP contribution is -2.45. The largest absolute Gasteiger partial charge is 0.489 e. The van der Waals surface area contributed by atoms with Crippen LogP contribution in [-0.4, -0.2) is 94.6 Å². The number of hydrogen-bond donors (Lipinski definition) is 3. The minimum Gasteiger partial charge on any atom is -0.489 e. The van der Waals surface area contributed by atoms with E-state index in [0.717, 1.165) is 51.3 Å². The molecule has 1 fully saturated rings. The number of rotatable bonds is 18. The van der Waals surface area contributed by atoms with E-state index in [1.165, 1.54) is 0 Å². The summed E-state index contributed by atoms with van der Waals surface area (Å²) < 4.78 is 27.9. The van der Waals surface area contributed by atoms with Crippen LogP contribution < -0.4 is 25.3 Å². The Balaban J connectivity index is 1.56. The summed E-state index contributed by atoms with van der Waals surface area (Å²) in [5, 5.41) is 14.2. The Morgan fingerprint density at radius 2 is 1.85 bits per heavy atom. The minimum atomic E-state index is -0.773. The molecule has 2 aliphatic heterocycles. The van der Waals surface area contributed by atoms with E-state index in [0.29, 0.717) is 55.8 Å². The normalized spacial score (nSPS) is 18.4. The molecule has 3 rings (SSSR count). The molecule has 0 unspecified atom stereocenters. The Morgan fingerprint density at radius 3 is 2.54 bits per heavy atom. The van der Waals surface area contributed by atoms with Crippen molar-refractivity contribution in [1.82, 2.24) is 10.2 Å². The van der Waals surface area contributed by atoms with Crippen LogP contribution in [0.4, 0.5) is 0 Å². The Bertz CT molecular complexity index is 923. The summed E-state index contributed by atoms with van der Waals surface area (Å²) in [5.74, 6) is 2.35. The molecule has 2 aliphatic rings. The zero-order valence-corrected chi connectivity index (χ0v) is 25.7. The fourth-order valence-corrected chi connectivity index (χ4v) is 5.45. The lowest BCUT2D eigenvalue weighted by atomic mass is 9.80. The topological polar surface area (TPSA) is 125 Å². The molecule has 0 bridgehead atoms.